The molecule has 0 aromatic heterocycles. The van der Waals surface area contributed by atoms with E-state index in [1.165, 1.54) is 5.67 Å². The highest BCUT2D eigenvalue weighted by Gasteiger charge is 1.78. The van der Waals surface area contributed by atoms with Crippen LogP contribution in [0.5, 0.6) is 0 Å². The van der Waals surface area contributed by atoms with E-state index in [0.29, 0.717) is 9.52 Å². The third-order valence-electron chi connectivity index (χ3n) is 0.702. The summed E-state index contributed by atoms with van der Waals surface area (Å²) in [7, 11) is 2.14. The van der Waals surface area contributed by atoms with Crippen molar-refractivity contribution >= 4 is 19.3 Å². The second kappa shape index (κ2) is 15.7. The Hall–Kier alpha value is 0.394. The van der Waals surface area contributed by atoms with Crippen LogP contribution < -0.4 is 0 Å². The zero-order chi connectivity index (χ0) is 4.83. The highest BCUT2D eigenvalue weighted by atomic mass is 28.3. The monoisotopic (exact) mass is 152 g/mol. The SMILES string of the molecule is C.C.CO[SiH2]C[SiH2]C. The van der Waals surface area contributed by atoms with Crippen LogP contribution in [-0.4, -0.2) is 26.4 Å². The van der Waals surface area contributed by atoms with Gasteiger partial charge in [0.15, 0.2) is 9.76 Å². The van der Waals surface area contributed by atoms with Gasteiger partial charge in [-0.15, -0.1) is 0 Å². The molecule has 0 bridgehead atoms. The molecule has 0 radical (unpaired) electrons. The van der Waals surface area contributed by atoms with E-state index in [-0.39, 0.29) is 24.6 Å². The Labute approximate surface area is 58.6 Å². The maximum Gasteiger partial charge on any atom is 0.157 e. The molecule has 0 saturated carbocycles. The minimum Gasteiger partial charge on any atom is -0.427 e. The van der Waals surface area contributed by atoms with Crippen molar-refractivity contribution in [2.75, 3.05) is 7.11 Å². The van der Waals surface area contributed by atoms with E-state index in [0.717, 1.165) is 0 Å². The average molecular weight is 152 g/mol. The molecule has 3 heteroatoms. The van der Waals surface area contributed by atoms with Gasteiger partial charge in [0, 0.05) is 16.6 Å². The molecule has 0 amide bonds. The summed E-state index contributed by atoms with van der Waals surface area (Å²) in [5.74, 6) is 0. The van der Waals surface area contributed by atoms with Crippen LogP contribution in [0.3, 0.4) is 0 Å². The standard InChI is InChI=1S/C3H12OSi2.2CH4/c1-4-6-3-5-2;;/h3,5-6H2,1-2H3;2*1H4. The number of hydrogen-bond acceptors (Lipinski definition) is 1. The summed E-state index contributed by atoms with van der Waals surface area (Å²) < 4.78 is 4.96. The van der Waals surface area contributed by atoms with Gasteiger partial charge < -0.3 is 4.43 Å². The van der Waals surface area contributed by atoms with E-state index in [1.807, 2.05) is 7.11 Å². The molecule has 0 rings (SSSR count). The van der Waals surface area contributed by atoms with Crippen LogP contribution in [0.15, 0.2) is 0 Å². The summed E-state index contributed by atoms with van der Waals surface area (Å²) in [5.41, 5.74) is 1.47. The Morgan fingerprint density at radius 2 is 1.88 bits per heavy atom. The van der Waals surface area contributed by atoms with Crippen LogP contribution in [0.1, 0.15) is 14.9 Å². The first-order valence-electron chi connectivity index (χ1n) is 2.40. The lowest BCUT2D eigenvalue weighted by molar-refractivity contribution is 0.445. The summed E-state index contributed by atoms with van der Waals surface area (Å²) in [6.45, 7) is 2.33. The van der Waals surface area contributed by atoms with E-state index in [1.54, 1.807) is 0 Å². The van der Waals surface area contributed by atoms with E-state index < -0.39 is 0 Å². The molecule has 0 heterocycles. The third-order valence-corrected chi connectivity index (χ3v) is 5.09. The second-order valence-electron chi connectivity index (χ2n) is 1.35. The highest BCUT2D eigenvalue weighted by Crippen LogP contribution is 1.71. The molecule has 0 aliphatic rings. The maximum absolute atomic E-state index is 4.96. The molecule has 0 N–H and O–H groups in total. The fraction of sp³-hybridized carbons (Fsp3) is 1.00. The van der Waals surface area contributed by atoms with Crippen molar-refractivity contribution in [3.8, 4) is 0 Å². The lowest BCUT2D eigenvalue weighted by Gasteiger charge is -1.87. The van der Waals surface area contributed by atoms with Crippen LogP contribution >= 0.6 is 0 Å². The lowest BCUT2D eigenvalue weighted by atomic mass is 11.8. The fourth-order valence-corrected chi connectivity index (χ4v) is 2.60. The van der Waals surface area contributed by atoms with Crippen molar-refractivity contribution in [1.29, 1.82) is 0 Å². The van der Waals surface area contributed by atoms with E-state index >= 15 is 0 Å². The summed E-state index contributed by atoms with van der Waals surface area (Å²) in [6, 6.07) is 0. The van der Waals surface area contributed by atoms with E-state index in [9.17, 15) is 0 Å². The summed E-state index contributed by atoms with van der Waals surface area (Å²) in [5, 5.41) is 0. The van der Waals surface area contributed by atoms with Gasteiger partial charge in [-0.05, 0) is 5.67 Å². The summed E-state index contributed by atoms with van der Waals surface area (Å²) in [6.07, 6.45) is 0. The van der Waals surface area contributed by atoms with Crippen molar-refractivity contribution in [3.05, 3.63) is 0 Å². The maximum atomic E-state index is 4.96. The van der Waals surface area contributed by atoms with Crippen LogP contribution in [0.25, 0.3) is 0 Å². The zero-order valence-corrected chi connectivity index (χ0v) is 7.36. The Morgan fingerprint density at radius 3 is 2.00 bits per heavy atom. The van der Waals surface area contributed by atoms with Gasteiger partial charge >= 0.3 is 0 Å². The first-order valence-corrected chi connectivity index (χ1v) is 6.40. The molecule has 0 unspecified atom stereocenters. The Kier molecular flexibility index (Phi) is 30.9. The van der Waals surface area contributed by atoms with Crippen LogP contribution in [-0.2, 0) is 4.43 Å². The molecule has 0 aromatic rings. The van der Waals surface area contributed by atoms with Crippen molar-refractivity contribution < 1.29 is 4.43 Å². The fourth-order valence-electron chi connectivity index (χ4n) is 0.289. The van der Waals surface area contributed by atoms with Gasteiger partial charge in [0.05, 0.1) is 0 Å². The summed E-state index contributed by atoms with van der Waals surface area (Å²) >= 11 is 0. The minimum atomic E-state index is -0.0166. The van der Waals surface area contributed by atoms with Gasteiger partial charge in [0.25, 0.3) is 0 Å². The highest BCUT2D eigenvalue weighted by molar-refractivity contribution is 6.51. The first kappa shape index (κ1) is 15.8. The molecule has 0 saturated heterocycles. The topological polar surface area (TPSA) is 9.23 Å². The third kappa shape index (κ3) is 16.2. The molecule has 1 nitrogen and oxygen atoms in total. The van der Waals surface area contributed by atoms with Gasteiger partial charge in [-0.2, -0.15) is 0 Å². The molecule has 0 atom stereocenters. The molecular weight excluding hydrogens is 132 g/mol. The van der Waals surface area contributed by atoms with Gasteiger partial charge in [0.2, 0.25) is 0 Å². The largest absolute Gasteiger partial charge is 0.427 e. The smallest absolute Gasteiger partial charge is 0.157 e. The molecule has 0 aliphatic heterocycles. The van der Waals surface area contributed by atoms with Crippen molar-refractivity contribution in [2.24, 2.45) is 0 Å². The summed E-state index contributed by atoms with van der Waals surface area (Å²) in [4.78, 5) is 0. The Morgan fingerprint density at radius 1 is 1.38 bits per heavy atom. The molecule has 0 spiro atoms. The van der Waals surface area contributed by atoms with Crippen molar-refractivity contribution in [2.45, 2.75) is 27.1 Å². The van der Waals surface area contributed by atoms with Crippen molar-refractivity contribution in [1.82, 2.24) is 0 Å². The molecule has 0 aromatic carbocycles. The van der Waals surface area contributed by atoms with Gasteiger partial charge in [-0.25, -0.2) is 0 Å². The van der Waals surface area contributed by atoms with E-state index in [2.05, 4.69) is 6.55 Å². The van der Waals surface area contributed by atoms with Crippen molar-refractivity contribution in [3.63, 3.8) is 0 Å². The normalized spacial score (nSPS) is 9.75. The first-order chi connectivity index (χ1) is 2.91. The number of hydrogen-bond donors (Lipinski definition) is 0. The van der Waals surface area contributed by atoms with Crippen LogP contribution in [0, 0.1) is 0 Å². The van der Waals surface area contributed by atoms with Gasteiger partial charge in [-0.3, -0.25) is 0 Å². The number of rotatable bonds is 3. The molecule has 54 valence electrons. The zero-order valence-electron chi connectivity index (χ0n) is 4.53. The molecule has 0 fully saturated rings. The minimum absolute atomic E-state index is 0. The molecular formula is C5H20OSi2. The quantitative estimate of drug-likeness (QED) is 0.425. The van der Waals surface area contributed by atoms with E-state index in [4.69, 9.17) is 4.43 Å². The van der Waals surface area contributed by atoms with Crippen LogP contribution in [0.2, 0.25) is 12.2 Å². The van der Waals surface area contributed by atoms with Gasteiger partial charge in [-0.1, -0.05) is 21.4 Å². The Balaban J connectivity index is -0.000000125. The van der Waals surface area contributed by atoms with Gasteiger partial charge in [0.1, 0.15) is 0 Å². The van der Waals surface area contributed by atoms with Crippen LogP contribution in [0.4, 0.5) is 0 Å². The average Bonchev–Trinajstić information content (AvgIpc) is 1.61. The predicted molar refractivity (Wildman–Crippen MR) is 48.2 cm³/mol. The molecule has 0 aliphatic carbocycles. The molecule has 8 heavy (non-hydrogen) atoms. The predicted octanol–water partition coefficient (Wildman–Crippen LogP) is 0.582. The lowest BCUT2D eigenvalue weighted by Crippen LogP contribution is -1.95. The Bertz CT molecular complexity index is 22.4. The second-order valence-corrected chi connectivity index (χ2v) is 6.16.